The van der Waals surface area contributed by atoms with Gasteiger partial charge in [0, 0.05) is 60.3 Å². The maximum Gasteiger partial charge on any atom is 0.167 e. The van der Waals surface area contributed by atoms with Crippen molar-refractivity contribution in [1.29, 1.82) is 0 Å². The Balaban J connectivity index is 1.11. The Bertz CT molecular complexity index is 3530. The van der Waals surface area contributed by atoms with E-state index >= 15 is 0 Å². The van der Waals surface area contributed by atoms with E-state index in [0.717, 1.165) is 88.4 Å². The molecule has 0 aliphatic rings. The topological polar surface area (TPSA) is 69.9 Å². The van der Waals surface area contributed by atoms with Crippen LogP contribution in [0.5, 0.6) is 0 Å². The molecule has 6 heteroatoms. The highest BCUT2D eigenvalue weighted by atomic mass is 16.3. The molecule has 0 saturated heterocycles. The molecule has 12 aromatic rings. The Morgan fingerprint density at radius 2 is 0.895 bits per heavy atom. The van der Waals surface area contributed by atoms with Gasteiger partial charge in [-0.25, -0.2) is 15.0 Å². The van der Waals surface area contributed by atoms with Gasteiger partial charge in [-0.15, -0.1) is 0 Å². The Morgan fingerprint density at radius 1 is 0.351 bits per heavy atom. The van der Waals surface area contributed by atoms with Crippen LogP contribution < -0.4 is 0 Å². The van der Waals surface area contributed by atoms with E-state index in [1.807, 2.05) is 72.8 Å². The first-order chi connectivity index (χ1) is 28.3. The standard InChI is InChI=1S/C51H30N4O2/c1-3-15-31(16-4-1)49-52-50(54-51(53-49)41-27-13-23-37-34-20-8-10-29-43(34)56-48(37)41)40-26-14-30-44-45(40)39-25-12-24-38(47(39)57-44)36-22-11-21-35-33-19-7-9-28-42(33)55(46(35)36)32-17-5-2-6-18-32/h1-30H. The lowest BCUT2D eigenvalue weighted by Gasteiger charge is -2.12. The summed E-state index contributed by atoms with van der Waals surface area (Å²) in [4.78, 5) is 15.4. The van der Waals surface area contributed by atoms with Crippen LogP contribution in [0.2, 0.25) is 0 Å². The summed E-state index contributed by atoms with van der Waals surface area (Å²) in [5, 5.41) is 6.39. The number of aromatic nitrogens is 4. The third kappa shape index (κ3) is 4.81. The molecule has 12 rings (SSSR count). The molecular weight excluding hydrogens is 701 g/mol. The normalized spacial score (nSPS) is 11.9. The van der Waals surface area contributed by atoms with E-state index in [2.05, 4.69) is 114 Å². The summed E-state index contributed by atoms with van der Waals surface area (Å²) in [6.45, 7) is 0. The van der Waals surface area contributed by atoms with Crippen molar-refractivity contribution in [2.45, 2.75) is 0 Å². The monoisotopic (exact) mass is 730 g/mol. The van der Waals surface area contributed by atoms with Gasteiger partial charge in [-0.05, 0) is 36.4 Å². The van der Waals surface area contributed by atoms with Crippen molar-refractivity contribution in [3.05, 3.63) is 182 Å². The van der Waals surface area contributed by atoms with E-state index in [1.54, 1.807) is 0 Å². The molecule has 4 heterocycles. The van der Waals surface area contributed by atoms with Crippen molar-refractivity contribution in [2.75, 3.05) is 0 Å². The molecule has 0 spiro atoms. The quantitative estimate of drug-likeness (QED) is 0.176. The first kappa shape index (κ1) is 31.5. The number of rotatable bonds is 5. The summed E-state index contributed by atoms with van der Waals surface area (Å²) in [6.07, 6.45) is 0. The maximum atomic E-state index is 6.89. The molecule has 4 aromatic heterocycles. The van der Waals surface area contributed by atoms with E-state index in [-0.39, 0.29) is 0 Å². The SMILES string of the molecule is c1ccc(-c2nc(-c3cccc4c3oc3ccccc34)nc(-c3cccc4oc5c(-c6cccc7c8ccccc8n(-c8ccccc8)c67)cccc5c34)n2)cc1. The van der Waals surface area contributed by atoms with E-state index in [4.69, 9.17) is 23.8 Å². The van der Waals surface area contributed by atoms with Crippen molar-refractivity contribution < 1.29 is 8.83 Å². The van der Waals surface area contributed by atoms with Crippen LogP contribution in [0.15, 0.2) is 191 Å². The van der Waals surface area contributed by atoms with Crippen LogP contribution in [0.25, 0.3) is 117 Å². The largest absolute Gasteiger partial charge is 0.455 e. The summed E-state index contributed by atoms with van der Waals surface area (Å²) in [5.74, 6) is 1.67. The lowest BCUT2D eigenvalue weighted by atomic mass is 9.98. The molecule has 0 radical (unpaired) electrons. The fraction of sp³-hybridized carbons (Fsp3) is 0. The molecule has 0 aliphatic carbocycles. The van der Waals surface area contributed by atoms with Gasteiger partial charge in [-0.2, -0.15) is 0 Å². The minimum absolute atomic E-state index is 0.536. The molecule has 0 atom stereocenters. The first-order valence-electron chi connectivity index (χ1n) is 19.0. The summed E-state index contributed by atoms with van der Waals surface area (Å²) < 4.78 is 15.7. The number of hydrogen-bond acceptors (Lipinski definition) is 5. The fourth-order valence-corrected chi connectivity index (χ4v) is 8.58. The highest BCUT2D eigenvalue weighted by molar-refractivity contribution is 6.19. The number of benzene rings is 8. The zero-order chi connectivity index (χ0) is 37.5. The van der Waals surface area contributed by atoms with Gasteiger partial charge in [0.1, 0.15) is 22.3 Å². The zero-order valence-electron chi connectivity index (χ0n) is 30.4. The number of furan rings is 2. The average molecular weight is 731 g/mol. The summed E-state index contributed by atoms with van der Waals surface area (Å²) >= 11 is 0. The first-order valence-corrected chi connectivity index (χ1v) is 19.0. The lowest BCUT2D eigenvalue weighted by Crippen LogP contribution is -2.00. The van der Waals surface area contributed by atoms with Gasteiger partial charge in [0.25, 0.3) is 0 Å². The number of nitrogens with zero attached hydrogens (tertiary/aromatic N) is 4. The Labute approximate surface area is 325 Å². The Hall–Kier alpha value is -7.83. The van der Waals surface area contributed by atoms with Gasteiger partial charge in [0.2, 0.25) is 0 Å². The van der Waals surface area contributed by atoms with E-state index in [0.29, 0.717) is 17.5 Å². The van der Waals surface area contributed by atoms with Gasteiger partial charge in [-0.3, -0.25) is 0 Å². The van der Waals surface area contributed by atoms with Crippen LogP contribution >= 0.6 is 0 Å². The third-order valence-corrected chi connectivity index (χ3v) is 11.1. The number of hydrogen-bond donors (Lipinski definition) is 0. The second-order valence-electron chi connectivity index (χ2n) is 14.3. The smallest absolute Gasteiger partial charge is 0.167 e. The predicted octanol–water partition coefficient (Wildman–Crippen LogP) is 13.4. The molecule has 266 valence electrons. The van der Waals surface area contributed by atoms with Gasteiger partial charge in [0.15, 0.2) is 17.5 Å². The molecule has 0 saturated carbocycles. The van der Waals surface area contributed by atoms with E-state index < -0.39 is 0 Å². The molecular formula is C51H30N4O2. The van der Waals surface area contributed by atoms with Crippen molar-refractivity contribution in [3.8, 4) is 51.0 Å². The molecule has 0 N–H and O–H groups in total. The van der Waals surface area contributed by atoms with Crippen LogP contribution in [-0.2, 0) is 0 Å². The van der Waals surface area contributed by atoms with Crippen molar-refractivity contribution in [2.24, 2.45) is 0 Å². The second-order valence-corrected chi connectivity index (χ2v) is 14.3. The van der Waals surface area contributed by atoms with Gasteiger partial charge in [0.05, 0.1) is 16.6 Å². The van der Waals surface area contributed by atoms with Crippen LogP contribution in [0.1, 0.15) is 0 Å². The maximum absolute atomic E-state index is 6.89. The molecule has 57 heavy (non-hydrogen) atoms. The molecule has 0 amide bonds. The molecule has 6 nitrogen and oxygen atoms in total. The van der Waals surface area contributed by atoms with Crippen LogP contribution in [0, 0.1) is 0 Å². The van der Waals surface area contributed by atoms with Crippen LogP contribution in [0.4, 0.5) is 0 Å². The van der Waals surface area contributed by atoms with Gasteiger partial charge in [-0.1, -0.05) is 146 Å². The summed E-state index contributed by atoms with van der Waals surface area (Å²) in [6, 6.07) is 62.6. The van der Waals surface area contributed by atoms with Gasteiger partial charge >= 0.3 is 0 Å². The van der Waals surface area contributed by atoms with Crippen molar-refractivity contribution in [1.82, 2.24) is 19.5 Å². The van der Waals surface area contributed by atoms with Crippen LogP contribution in [-0.4, -0.2) is 19.5 Å². The molecule has 0 aliphatic heterocycles. The lowest BCUT2D eigenvalue weighted by molar-refractivity contribution is 0.669. The number of fused-ring (bicyclic) bond motifs is 9. The predicted molar refractivity (Wildman–Crippen MR) is 230 cm³/mol. The summed E-state index contributed by atoms with van der Waals surface area (Å²) in [5.41, 5.74) is 11.2. The van der Waals surface area contributed by atoms with Gasteiger partial charge < -0.3 is 13.4 Å². The fourth-order valence-electron chi connectivity index (χ4n) is 8.58. The highest BCUT2D eigenvalue weighted by Gasteiger charge is 2.23. The minimum Gasteiger partial charge on any atom is -0.455 e. The van der Waals surface area contributed by atoms with Crippen LogP contribution in [0.3, 0.4) is 0 Å². The minimum atomic E-state index is 0.536. The van der Waals surface area contributed by atoms with E-state index in [1.165, 1.54) is 10.8 Å². The number of para-hydroxylation sites is 6. The highest BCUT2D eigenvalue weighted by Crippen LogP contribution is 2.44. The molecule has 0 fully saturated rings. The average Bonchev–Trinajstić information content (AvgIpc) is 3.97. The Morgan fingerprint density at radius 3 is 1.74 bits per heavy atom. The molecule has 0 unspecified atom stereocenters. The Kier molecular flexibility index (Phi) is 6.83. The molecule has 8 aromatic carbocycles. The van der Waals surface area contributed by atoms with Crippen molar-refractivity contribution >= 4 is 65.7 Å². The molecule has 0 bridgehead atoms. The second kappa shape index (κ2) is 12.3. The van der Waals surface area contributed by atoms with E-state index in [9.17, 15) is 0 Å². The zero-order valence-corrected chi connectivity index (χ0v) is 30.4. The third-order valence-electron chi connectivity index (χ3n) is 11.1. The summed E-state index contributed by atoms with van der Waals surface area (Å²) in [7, 11) is 0. The van der Waals surface area contributed by atoms with Crippen molar-refractivity contribution in [3.63, 3.8) is 0 Å².